The first kappa shape index (κ1) is 28.1. The van der Waals surface area contributed by atoms with Crippen LogP contribution in [0, 0.1) is 0 Å². The summed E-state index contributed by atoms with van der Waals surface area (Å²) in [7, 11) is 0. The molecule has 0 fully saturated rings. The molecule has 0 unspecified atom stereocenters. The molecule has 2 aliphatic rings. The Hall–Kier alpha value is -6.13. The standard InChI is InChI=1S/C44H31N3O/c1-45-44(47-43(29-15-6-3-7-16-29)46-27-28-13-4-2-5-14-28)38-23-12-24-39-41(38)37-22-11-21-36(42(37)48-39)32-25-26-35-31-18-9-8-17-30(31)33-19-10-20-34(32)40(33)35/h2-24H,1,25-27H2/b46-43-,47-44-. The van der Waals surface area contributed by atoms with Crippen LogP contribution in [0.2, 0.25) is 0 Å². The zero-order chi connectivity index (χ0) is 32.0. The van der Waals surface area contributed by atoms with Crippen LogP contribution in [0.3, 0.4) is 0 Å². The lowest BCUT2D eigenvalue weighted by Gasteiger charge is -2.15. The monoisotopic (exact) mass is 617 g/mol. The molecule has 228 valence electrons. The van der Waals surface area contributed by atoms with E-state index < -0.39 is 0 Å². The number of nitrogens with zero attached hydrogens (tertiary/aromatic N) is 3. The van der Waals surface area contributed by atoms with Gasteiger partial charge in [-0.15, -0.1) is 0 Å². The van der Waals surface area contributed by atoms with Crippen LogP contribution < -0.4 is 10.4 Å². The first-order valence-electron chi connectivity index (χ1n) is 16.4. The molecule has 1 heterocycles. The topological polar surface area (TPSA) is 50.2 Å². The molecule has 6 aromatic carbocycles. The van der Waals surface area contributed by atoms with Crippen molar-refractivity contribution in [3.63, 3.8) is 0 Å². The minimum Gasteiger partial charge on any atom is -0.455 e. The fourth-order valence-corrected chi connectivity index (χ4v) is 7.47. The van der Waals surface area contributed by atoms with Crippen molar-refractivity contribution in [3.05, 3.63) is 178 Å². The Morgan fingerprint density at radius 1 is 0.604 bits per heavy atom. The van der Waals surface area contributed by atoms with Gasteiger partial charge in [0.15, 0.2) is 11.7 Å². The van der Waals surface area contributed by atoms with Crippen molar-refractivity contribution in [3.8, 4) is 11.1 Å². The summed E-state index contributed by atoms with van der Waals surface area (Å²) in [6, 6.07) is 48.4. The molecule has 0 N–H and O–H groups in total. The van der Waals surface area contributed by atoms with E-state index in [9.17, 15) is 0 Å². The summed E-state index contributed by atoms with van der Waals surface area (Å²) in [6.07, 6.45) is 1.95. The third-order valence-corrected chi connectivity index (χ3v) is 9.60. The Labute approximate surface area is 278 Å². The number of fused-ring (bicyclic) bond motifs is 6. The smallest absolute Gasteiger partial charge is 0.161 e. The Bertz CT molecular complexity index is 2590. The summed E-state index contributed by atoms with van der Waals surface area (Å²) < 4.78 is 6.74. The lowest BCUT2D eigenvalue weighted by Crippen LogP contribution is -2.32. The molecule has 7 aromatic rings. The lowest BCUT2D eigenvalue weighted by atomic mass is 9.88. The number of rotatable bonds is 5. The van der Waals surface area contributed by atoms with Crippen LogP contribution in [0.25, 0.3) is 44.2 Å². The fraction of sp³-hybridized carbons (Fsp3) is 0.0682. The Morgan fingerprint density at radius 2 is 1.29 bits per heavy atom. The van der Waals surface area contributed by atoms with Crippen LogP contribution >= 0.6 is 0 Å². The van der Waals surface area contributed by atoms with Gasteiger partial charge in [0.1, 0.15) is 11.2 Å². The van der Waals surface area contributed by atoms with E-state index >= 15 is 0 Å². The minimum absolute atomic E-state index is 0.507. The molecule has 9 rings (SSSR count). The summed E-state index contributed by atoms with van der Waals surface area (Å²) >= 11 is 0. The summed E-state index contributed by atoms with van der Waals surface area (Å²) in [6.45, 7) is 4.46. The van der Waals surface area contributed by atoms with Crippen molar-refractivity contribution in [1.82, 2.24) is 0 Å². The predicted octanol–water partition coefficient (Wildman–Crippen LogP) is 8.85. The van der Waals surface area contributed by atoms with Crippen molar-refractivity contribution in [2.24, 2.45) is 15.0 Å². The number of aliphatic imine (C=N–C) groups is 3. The zero-order valence-electron chi connectivity index (χ0n) is 26.4. The second-order valence-corrected chi connectivity index (χ2v) is 12.3. The highest BCUT2D eigenvalue weighted by Crippen LogP contribution is 2.40. The molecule has 0 atom stereocenters. The van der Waals surface area contributed by atoms with Gasteiger partial charge in [-0.05, 0) is 69.5 Å². The molecule has 0 radical (unpaired) electrons. The van der Waals surface area contributed by atoms with Gasteiger partial charge < -0.3 is 4.42 Å². The average Bonchev–Trinajstić information content (AvgIpc) is 3.70. The summed E-state index contributed by atoms with van der Waals surface area (Å²) in [4.78, 5) is 14.5. The maximum absolute atomic E-state index is 6.74. The van der Waals surface area contributed by atoms with E-state index in [2.05, 4.69) is 84.5 Å². The Kier molecular flexibility index (Phi) is 6.79. The van der Waals surface area contributed by atoms with Crippen molar-refractivity contribution in [2.45, 2.75) is 19.4 Å². The van der Waals surface area contributed by atoms with Gasteiger partial charge in [-0.25, -0.2) is 9.98 Å². The minimum atomic E-state index is 0.507. The van der Waals surface area contributed by atoms with Gasteiger partial charge in [0.2, 0.25) is 0 Å². The van der Waals surface area contributed by atoms with Crippen molar-refractivity contribution < 1.29 is 4.42 Å². The molecular weight excluding hydrogens is 587 g/mol. The first-order valence-corrected chi connectivity index (χ1v) is 16.4. The number of furan rings is 1. The van der Waals surface area contributed by atoms with E-state index in [1.165, 1.54) is 38.3 Å². The molecule has 48 heavy (non-hydrogen) atoms. The molecule has 1 aromatic heterocycles. The molecule has 4 heteroatoms. The van der Waals surface area contributed by atoms with E-state index in [0.29, 0.717) is 18.2 Å². The summed E-state index contributed by atoms with van der Waals surface area (Å²) in [5.74, 6) is 1.11. The van der Waals surface area contributed by atoms with Crippen molar-refractivity contribution in [2.75, 3.05) is 0 Å². The molecule has 2 aliphatic carbocycles. The van der Waals surface area contributed by atoms with Crippen LogP contribution in [-0.2, 0) is 6.54 Å². The van der Waals surface area contributed by atoms with Gasteiger partial charge in [0, 0.05) is 27.5 Å². The van der Waals surface area contributed by atoms with Crippen LogP contribution in [-0.4, -0.2) is 18.4 Å². The predicted molar refractivity (Wildman–Crippen MR) is 198 cm³/mol. The van der Waals surface area contributed by atoms with Gasteiger partial charge in [-0.1, -0.05) is 133 Å². The second kappa shape index (κ2) is 11.6. The maximum atomic E-state index is 6.74. The summed E-state index contributed by atoms with van der Waals surface area (Å²) in [5.41, 5.74) is 12.5. The third-order valence-electron chi connectivity index (χ3n) is 9.60. The van der Waals surface area contributed by atoms with E-state index in [4.69, 9.17) is 14.4 Å². The molecule has 0 bridgehead atoms. The van der Waals surface area contributed by atoms with Gasteiger partial charge >= 0.3 is 0 Å². The second-order valence-electron chi connectivity index (χ2n) is 12.3. The Morgan fingerprint density at radius 3 is 2.12 bits per heavy atom. The number of para-hydroxylation sites is 1. The van der Waals surface area contributed by atoms with E-state index in [-0.39, 0.29) is 0 Å². The highest BCUT2D eigenvalue weighted by atomic mass is 16.3. The quantitative estimate of drug-likeness (QED) is 0.141. The summed E-state index contributed by atoms with van der Waals surface area (Å²) in [5, 5.41) is 4.69. The number of amidine groups is 2. The van der Waals surface area contributed by atoms with Gasteiger partial charge in [0.25, 0.3) is 0 Å². The molecule has 0 spiro atoms. The number of benzene rings is 6. The average molecular weight is 618 g/mol. The maximum Gasteiger partial charge on any atom is 0.161 e. The zero-order valence-corrected chi connectivity index (χ0v) is 26.4. The van der Waals surface area contributed by atoms with Gasteiger partial charge in [0.05, 0.1) is 6.54 Å². The third kappa shape index (κ3) is 4.57. The van der Waals surface area contributed by atoms with Gasteiger partial charge in [-0.3, -0.25) is 4.99 Å². The number of hydrogen-bond acceptors (Lipinski definition) is 2. The molecule has 0 aliphatic heterocycles. The first-order chi connectivity index (χ1) is 23.8. The molecule has 0 saturated heterocycles. The molecule has 0 saturated carbocycles. The molecule has 4 nitrogen and oxygen atoms in total. The van der Waals surface area contributed by atoms with Crippen LogP contribution in [0.4, 0.5) is 0 Å². The Balaban J connectivity index is 1.22. The van der Waals surface area contributed by atoms with E-state index in [1.807, 2.05) is 66.7 Å². The van der Waals surface area contributed by atoms with Crippen molar-refractivity contribution >= 4 is 51.5 Å². The van der Waals surface area contributed by atoms with E-state index in [1.54, 1.807) is 0 Å². The van der Waals surface area contributed by atoms with E-state index in [0.717, 1.165) is 57.0 Å². The van der Waals surface area contributed by atoms with Crippen LogP contribution in [0.1, 0.15) is 40.7 Å². The highest BCUT2D eigenvalue weighted by Gasteiger charge is 2.26. The van der Waals surface area contributed by atoms with Crippen molar-refractivity contribution in [1.29, 1.82) is 0 Å². The molecular formula is C44H31N3O. The largest absolute Gasteiger partial charge is 0.455 e. The normalized spacial score (nSPS) is 14.0. The fourth-order valence-electron chi connectivity index (χ4n) is 7.47. The van der Waals surface area contributed by atoms with Crippen LogP contribution in [0.15, 0.2) is 159 Å². The highest BCUT2D eigenvalue weighted by molar-refractivity contribution is 6.22. The van der Waals surface area contributed by atoms with Gasteiger partial charge in [-0.2, -0.15) is 0 Å². The SMILES string of the molecule is C=N/C(=N\C(=N/Cc1ccccc1)c1ccccc1)c1cccc2oc3c(C4=c5cccc6c5=C(CC4)c4ccccc4-6)cccc3c12. The molecule has 0 amide bonds. The number of hydrogen-bond donors (Lipinski definition) is 0. The van der Waals surface area contributed by atoms with Crippen LogP contribution in [0.5, 0.6) is 0 Å². The lowest BCUT2D eigenvalue weighted by molar-refractivity contribution is 0.667.